The second-order valence-corrected chi connectivity index (χ2v) is 5.60. The summed E-state index contributed by atoms with van der Waals surface area (Å²) in [7, 11) is 0. The highest BCUT2D eigenvalue weighted by molar-refractivity contribution is 7.17. The van der Waals surface area contributed by atoms with E-state index in [2.05, 4.69) is 43.6 Å². The molecule has 0 aliphatic carbocycles. The Morgan fingerprint density at radius 2 is 1.88 bits per heavy atom. The highest BCUT2D eigenvalue weighted by Crippen LogP contribution is 2.28. The molecule has 0 fully saturated rings. The maximum Gasteiger partial charge on any atom is 0.0348 e. The fraction of sp³-hybridized carbons (Fsp3) is 0.467. The van der Waals surface area contributed by atoms with Gasteiger partial charge in [0.15, 0.2) is 0 Å². The van der Waals surface area contributed by atoms with E-state index in [0.717, 1.165) is 19.5 Å². The predicted molar refractivity (Wildman–Crippen MR) is 78.2 cm³/mol. The third-order valence-corrected chi connectivity index (χ3v) is 4.26. The average molecular weight is 247 g/mol. The van der Waals surface area contributed by atoms with E-state index in [9.17, 15) is 0 Å². The van der Waals surface area contributed by atoms with Crippen LogP contribution < -0.4 is 5.32 Å². The second kappa shape index (κ2) is 5.65. The molecule has 17 heavy (non-hydrogen) atoms. The van der Waals surface area contributed by atoms with Gasteiger partial charge in [0.05, 0.1) is 0 Å². The van der Waals surface area contributed by atoms with Crippen LogP contribution in [0.25, 0.3) is 10.1 Å². The minimum Gasteiger partial charge on any atom is -0.316 e. The zero-order chi connectivity index (χ0) is 12.3. The maximum absolute atomic E-state index is 3.47. The highest BCUT2D eigenvalue weighted by atomic mass is 32.1. The molecule has 0 atom stereocenters. The molecule has 1 aromatic heterocycles. The molecule has 2 rings (SSSR count). The zero-order valence-corrected chi connectivity index (χ0v) is 11.8. The van der Waals surface area contributed by atoms with Gasteiger partial charge >= 0.3 is 0 Å². The van der Waals surface area contributed by atoms with Crippen LogP contribution in [0.15, 0.2) is 17.5 Å². The number of benzene rings is 1. The maximum atomic E-state index is 3.47. The number of nitrogens with one attached hydrogen (secondary N) is 1. The van der Waals surface area contributed by atoms with Crippen molar-refractivity contribution in [2.45, 2.75) is 33.6 Å². The lowest BCUT2D eigenvalue weighted by atomic mass is 10.0. The van der Waals surface area contributed by atoms with Gasteiger partial charge in [-0.1, -0.05) is 13.0 Å². The summed E-state index contributed by atoms with van der Waals surface area (Å²) in [6.07, 6.45) is 2.35. The first-order chi connectivity index (χ1) is 8.22. The van der Waals surface area contributed by atoms with E-state index < -0.39 is 0 Å². The summed E-state index contributed by atoms with van der Waals surface area (Å²) >= 11 is 1.87. The summed E-state index contributed by atoms with van der Waals surface area (Å²) < 4.78 is 1.43. The Kier molecular flexibility index (Phi) is 4.19. The molecule has 1 heterocycles. The third kappa shape index (κ3) is 2.88. The van der Waals surface area contributed by atoms with E-state index in [1.165, 1.54) is 33.2 Å². The molecule has 0 aliphatic heterocycles. The number of aryl methyl sites for hydroxylation is 2. The molecule has 1 nitrogen and oxygen atoms in total. The Bertz CT molecular complexity index is 499. The van der Waals surface area contributed by atoms with Gasteiger partial charge in [-0.3, -0.25) is 0 Å². The largest absolute Gasteiger partial charge is 0.316 e. The molecule has 1 N–H and O–H groups in total. The molecule has 0 saturated heterocycles. The molecular weight excluding hydrogens is 226 g/mol. The lowest BCUT2D eigenvalue weighted by Crippen LogP contribution is -2.17. The monoisotopic (exact) mass is 247 g/mol. The summed E-state index contributed by atoms with van der Waals surface area (Å²) in [5.41, 5.74) is 4.30. The number of hydrogen-bond donors (Lipinski definition) is 1. The van der Waals surface area contributed by atoms with Crippen molar-refractivity contribution in [1.82, 2.24) is 5.32 Å². The van der Waals surface area contributed by atoms with Crippen LogP contribution >= 0.6 is 11.3 Å². The molecule has 92 valence electrons. The van der Waals surface area contributed by atoms with Crippen molar-refractivity contribution < 1.29 is 0 Å². The lowest BCUT2D eigenvalue weighted by molar-refractivity contribution is 0.673. The van der Waals surface area contributed by atoms with Crippen molar-refractivity contribution in [1.29, 1.82) is 0 Å². The summed E-state index contributed by atoms with van der Waals surface area (Å²) in [6, 6.07) is 4.66. The van der Waals surface area contributed by atoms with Crippen molar-refractivity contribution in [2.75, 3.05) is 13.1 Å². The van der Waals surface area contributed by atoms with Crippen LogP contribution in [-0.2, 0) is 6.42 Å². The van der Waals surface area contributed by atoms with Gasteiger partial charge in [0.2, 0.25) is 0 Å². The Morgan fingerprint density at radius 3 is 2.65 bits per heavy atom. The van der Waals surface area contributed by atoms with Crippen molar-refractivity contribution in [3.8, 4) is 0 Å². The van der Waals surface area contributed by atoms with Gasteiger partial charge < -0.3 is 5.32 Å². The van der Waals surface area contributed by atoms with Crippen LogP contribution in [0.3, 0.4) is 0 Å². The molecule has 2 aromatic rings. The molecule has 2 heteroatoms. The summed E-state index contributed by atoms with van der Waals surface area (Å²) in [6.45, 7) is 8.81. The normalized spacial score (nSPS) is 11.2. The molecular formula is C15H21NS. The van der Waals surface area contributed by atoms with Crippen LogP contribution in [-0.4, -0.2) is 13.1 Å². The van der Waals surface area contributed by atoms with Crippen molar-refractivity contribution >= 4 is 21.4 Å². The van der Waals surface area contributed by atoms with Crippen LogP contribution in [0, 0.1) is 13.8 Å². The van der Waals surface area contributed by atoms with Crippen LogP contribution in [0.4, 0.5) is 0 Å². The molecule has 0 radical (unpaired) electrons. The fourth-order valence-electron chi connectivity index (χ4n) is 2.05. The van der Waals surface area contributed by atoms with Gasteiger partial charge in [-0.05, 0) is 73.3 Å². The van der Waals surface area contributed by atoms with Gasteiger partial charge in [-0.2, -0.15) is 0 Å². The fourth-order valence-corrected chi connectivity index (χ4v) is 3.13. The topological polar surface area (TPSA) is 12.0 Å². The molecule has 0 saturated carbocycles. The Morgan fingerprint density at radius 1 is 1.12 bits per heavy atom. The molecule has 0 aliphatic rings. The van der Waals surface area contributed by atoms with Crippen molar-refractivity contribution in [2.24, 2.45) is 0 Å². The van der Waals surface area contributed by atoms with E-state index in [4.69, 9.17) is 0 Å². The smallest absolute Gasteiger partial charge is 0.0348 e. The second-order valence-electron chi connectivity index (χ2n) is 4.69. The van der Waals surface area contributed by atoms with E-state index in [1.807, 2.05) is 11.3 Å². The zero-order valence-electron chi connectivity index (χ0n) is 11.0. The standard InChI is InChI=1S/C15H21NS/c1-4-6-16-7-5-13-10-17-15-9-12(3)11(2)8-14(13)15/h8-10,16H,4-7H2,1-3H3. The van der Waals surface area contributed by atoms with Crippen molar-refractivity contribution in [3.63, 3.8) is 0 Å². The first-order valence-electron chi connectivity index (χ1n) is 6.40. The minimum absolute atomic E-state index is 1.09. The molecule has 0 amide bonds. The van der Waals surface area contributed by atoms with Gasteiger partial charge in [0.1, 0.15) is 0 Å². The highest BCUT2D eigenvalue weighted by Gasteiger charge is 2.05. The Labute approximate surface area is 108 Å². The van der Waals surface area contributed by atoms with Gasteiger partial charge in [0.25, 0.3) is 0 Å². The summed E-state index contributed by atoms with van der Waals surface area (Å²) in [4.78, 5) is 0. The van der Waals surface area contributed by atoms with E-state index >= 15 is 0 Å². The van der Waals surface area contributed by atoms with Crippen LogP contribution in [0.1, 0.15) is 30.0 Å². The SMILES string of the molecule is CCCNCCc1csc2cc(C)c(C)cc12. The van der Waals surface area contributed by atoms with Crippen molar-refractivity contribution in [3.05, 3.63) is 34.2 Å². The minimum atomic E-state index is 1.09. The van der Waals surface area contributed by atoms with E-state index in [-0.39, 0.29) is 0 Å². The summed E-state index contributed by atoms with van der Waals surface area (Å²) in [5.74, 6) is 0. The van der Waals surface area contributed by atoms with Gasteiger partial charge in [0, 0.05) is 4.70 Å². The number of fused-ring (bicyclic) bond motifs is 1. The molecule has 0 spiro atoms. The lowest BCUT2D eigenvalue weighted by Gasteiger charge is -2.04. The summed E-state index contributed by atoms with van der Waals surface area (Å²) in [5, 5.41) is 7.24. The molecule has 1 aromatic carbocycles. The number of hydrogen-bond acceptors (Lipinski definition) is 2. The quantitative estimate of drug-likeness (QED) is 0.786. The molecule has 0 unspecified atom stereocenters. The first-order valence-corrected chi connectivity index (χ1v) is 7.28. The third-order valence-electron chi connectivity index (χ3n) is 3.27. The van der Waals surface area contributed by atoms with Crippen LogP contribution in [0.5, 0.6) is 0 Å². The first kappa shape index (κ1) is 12.6. The van der Waals surface area contributed by atoms with Crippen LogP contribution in [0.2, 0.25) is 0 Å². The van der Waals surface area contributed by atoms with Gasteiger partial charge in [-0.15, -0.1) is 11.3 Å². The number of rotatable bonds is 5. The average Bonchev–Trinajstić information content (AvgIpc) is 2.68. The number of thiophene rings is 1. The Hall–Kier alpha value is -0.860. The van der Waals surface area contributed by atoms with E-state index in [0.29, 0.717) is 0 Å². The van der Waals surface area contributed by atoms with Gasteiger partial charge in [-0.25, -0.2) is 0 Å². The molecule has 0 bridgehead atoms. The Balaban J connectivity index is 2.15. The predicted octanol–water partition coefficient (Wildman–Crippen LogP) is 4.06. The van der Waals surface area contributed by atoms with E-state index in [1.54, 1.807) is 0 Å².